The van der Waals surface area contributed by atoms with Crippen LogP contribution in [0.4, 0.5) is 0 Å². The summed E-state index contributed by atoms with van der Waals surface area (Å²) in [6.45, 7) is 3.37. The van der Waals surface area contributed by atoms with Crippen molar-refractivity contribution in [3.8, 4) is 5.75 Å². The fourth-order valence-corrected chi connectivity index (χ4v) is 3.43. The molecule has 1 aromatic heterocycles. The van der Waals surface area contributed by atoms with Crippen molar-refractivity contribution in [3.05, 3.63) is 59.9 Å². The highest BCUT2D eigenvalue weighted by atomic mass is 16.5. The van der Waals surface area contributed by atoms with Gasteiger partial charge in [0, 0.05) is 24.9 Å². The molecule has 0 atom stereocenters. The molecule has 0 bridgehead atoms. The first kappa shape index (κ1) is 19.9. The molecule has 0 saturated heterocycles. The van der Waals surface area contributed by atoms with Crippen molar-refractivity contribution in [2.75, 3.05) is 13.7 Å². The quantitative estimate of drug-likeness (QED) is 0.533. The average molecular weight is 380 g/mol. The standard InChI is InChI=1S/C23H29N3O2/c1-3-23(27)24-16-10-4-5-15-22-25-19-12-7-8-13-20(19)26(22)17-18-11-6-9-14-21(18)28-2/h6-9,11-14H,3-5,10,15-17H2,1-2H3,(H,24,27). The number of amides is 1. The molecular formula is C23H29N3O2. The van der Waals surface area contributed by atoms with Crippen LogP contribution in [0.1, 0.15) is 44.0 Å². The van der Waals surface area contributed by atoms with Gasteiger partial charge in [0.05, 0.1) is 24.7 Å². The van der Waals surface area contributed by atoms with Gasteiger partial charge in [-0.15, -0.1) is 0 Å². The summed E-state index contributed by atoms with van der Waals surface area (Å²) in [6, 6.07) is 16.4. The predicted molar refractivity (Wildman–Crippen MR) is 113 cm³/mol. The van der Waals surface area contributed by atoms with Crippen LogP contribution in [0.15, 0.2) is 48.5 Å². The van der Waals surface area contributed by atoms with Crippen LogP contribution in [-0.4, -0.2) is 29.1 Å². The number of carbonyl (C=O) groups excluding carboxylic acids is 1. The van der Waals surface area contributed by atoms with E-state index >= 15 is 0 Å². The molecule has 0 radical (unpaired) electrons. The Kier molecular flexibility index (Phi) is 7.06. The molecule has 0 aliphatic rings. The molecule has 1 N–H and O–H groups in total. The maximum absolute atomic E-state index is 11.3. The molecule has 0 fully saturated rings. The highest BCUT2D eigenvalue weighted by Gasteiger charge is 2.12. The van der Waals surface area contributed by atoms with Crippen LogP contribution >= 0.6 is 0 Å². The van der Waals surface area contributed by atoms with Gasteiger partial charge >= 0.3 is 0 Å². The molecule has 0 saturated carbocycles. The third-order valence-electron chi connectivity index (χ3n) is 4.98. The van der Waals surface area contributed by atoms with Gasteiger partial charge in [0.15, 0.2) is 0 Å². The van der Waals surface area contributed by atoms with Crippen molar-refractivity contribution in [3.63, 3.8) is 0 Å². The molecule has 148 valence electrons. The van der Waals surface area contributed by atoms with E-state index in [4.69, 9.17) is 9.72 Å². The summed E-state index contributed by atoms with van der Waals surface area (Å²) in [5.41, 5.74) is 3.33. The number of fused-ring (bicyclic) bond motifs is 1. The van der Waals surface area contributed by atoms with Crippen molar-refractivity contribution in [2.45, 2.75) is 45.6 Å². The summed E-state index contributed by atoms with van der Waals surface area (Å²) < 4.78 is 7.83. The number of rotatable bonds is 10. The third kappa shape index (κ3) is 4.91. The minimum atomic E-state index is 0.124. The van der Waals surface area contributed by atoms with Gasteiger partial charge in [-0.25, -0.2) is 4.98 Å². The lowest BCUT2D eigenvalue weighted by molar-refractivity contribution is -0.120. The Hall–Kier alpha value is -2.82. The number of methoxy groups -OCH3 is 1. The molecule has 0 aliphatic heterocycles. The third-order valence-corrected chi connectivity index (χ3v) is 4.98. The molecule has 2 aromatic carbocycles. The van der Waals surface area contributed by atoms with E-state index in [9.17, 15) is 4.79 Å². The lowest BCUT2D eigenvalue weighted by atomic mass is 10.1. The van der Waals surface area contributed by atoms with Crippen LogP contribution < -0.4 is 10.1 Å². The van der Waals surface area contributed by atoms with E-state index < -0.39 is 0 Å². The highest BCUT2D eigenvalue weighted by Crippen LogP contribution is 2.23. The summed E-state index contributed by atoms with van der Waals surface area (Å²) in [4.78, 5) is 16.2. The van der Waals surface area contributed by atoms with Gasteiger partial charge in [0.1, 0.15) is 11.6 Å². The number of hydrogen-bond acceptors (Lipinski definition) is 3. The van der Waals surface area contributed by atoms with Crippen molar-refractivity contribution in [1.29, 1.82) is 0 Å². The Bertz CT molecular complexity index is 917. The van der Waals surface area contributed by atoms with Crippen molar-refractivity contribution in [1.82, 2.24) is 14.9 Å². The summed E-state index contributed by atoms with van der Waals surface area (Å²) in [6.07, 6.45) is 4.59. The molecule has 5 heteroatoms. The Morgan fingerprint density at radius 3 is 2.68 bits per heavy atom. The number of unbranched alkanes of at least 4 members (excludes halogenated alkanes) is 2. The van der Waals surface area contributed by atoms with Crippen molar-refractivity contribution < 1.29 is 9.53 Å². The normalized spacial score (nSPS) is 10.9. The van der Waals surface area contributed by atoms with E-state index in [1.54, 1.807) is 7.11 Å². The van der Waals surface area contributed by atoms with Crippen molar-refractivity contribution in [2.24, 2.45) is 0 Å². The van der Waals surface area contributed by atoms with Crippen LogP contribution in [-0.2, 0) is 17.8 Å². The smallest absolute Gasteiger partial charge is 0.219 e. The molecular weight excluding hydrogens is 350 g/mol. The van der Waals surface area contributed by atoms with E-state index in [0.29, 0.717) is 6.42 Å². The van der Waals surface area contributed by atoms with Crippen LogP contribution in [0.5, 0.6) is 5.75 Å². The fourth-order valence-electron chi connectivity index (χ4n) is 3.43. The Morgan fingerprint density at radius 2 is 1.86 bits per heavy atom. The lowest BCUT2D eigenvalue weighted by Crippen LogP contribution is -2.23. The van der Waals surface area contributed by atoms with Gasteiger partial charge < -0.3 is 14.6 Å². The summed E-state index contributed by atoms with van der Waals surface area (Å²) in [7, 11) is 1.71. The summed E-state index contributed by atoms with van der Waals surface area (Å²) in [5, 5.41) is 2.94. The zero-order valence-corrected chi connectivity index (χ0v) is 16.8. The number of imidazole rings is 1. The minimum absolute atomic E-state index is 0.124. The first-order chi connectivity index (χ1) is 13.7. The minimum Gasteiger partial charge on any atom is -0.496 e. The second kappa shape index (κ2) is 9.93. The topological polar surface area (TPSA) is 56.2 Å². The molecule has 0 unspecified atom stereocenters. The highest BCUT2D eigenvalue weighted by molar-refractivity contribution is 5.76. The average Bonchev–Trinajstić information content (AvgIpc) is 3.08. The number of nitrogens with one attached hydrogen (secondary N) is 1. The van der Waals surface area contributed by atoms with Crippen LogP contribution in [0, 0.1) is 0 Å². The van der Waals surface area contributed by atoms with Crippen LogP contribution in [0.2, 0.25) is 0 Å². The van der Waals surface area contributed by atoms with Crippen LogP contribution in [0.3, 0.4) is 0 Å². The Balaban J connectivity index is 1.70. The lowest BCUT2D eigenvalue weighted by Gasteiger charge is -2.12. The van der Waals surface area contributed by atoms with E-state index in [1.807, 2.05) is 31.2 Å². The Morgan fingerprint density at radius 1 is 1.07 bits per heavy atom. The number of aryl methyl sites for hydroxylation is 1. The van der Waals surface area contributed by atoms with Gasteiger partial charge in [-0.2, -0.15) is 0 Å². The molecule has 5 nitrogen and oxygen atoms in total. The SMILES string of the molecule is CCC(=O)NCCCCCc1nc2ccccc2n1Cc1ccccc1OC. The molecule has 28 heavy (non-hydrogen) atoms. The monoisotopic (exact) mass is 379 g/mol. The fraction of sp³-hybridized carbons (Fsp3) is 0.391. The van der Waals surface area contributed by atoms with Crippen LogP contribution in [0.25, 0.3) is 11.0 Å². The molecule has 1 amide bonds. The largest absolute Gasteiger partial charge is 0.496 e. The van der Waals surface area contributed by atoms with E-state index in [0.717, 1.165) is 66.9 Å². The first-order valence-corrected chi connectivity index (χ1v) is 10.1. The van der Waals surface area contributed by atoms with Gasteiger partial charge in [-0.05, 0) is 31.0 Å². The Labute approximate surface area is 166 Å². The molecule has 3 rings (SSSR count). The summed E-state index contributed by atoms with van der Waals surface area (Å²) >= 11 is 0. The molecule has 1 heterocycles. The van der Waals surface area contributed by atoms with E-state index in [-0.39, 0.29) is 5.91 Å². The van der Waals surface area contributed by atoms with Crippen molar-refractivity contribution >= 4 is 16.9 Å². The van der Waals surface area contributed by atoms with E-state index in [2.05, 4.69) is 34.1 Å². The number of carbonyl (C=O) groups is 1. The zero-order chi connectivity index (χ0) is 19.8. The molecule has 3 aromatic rings. The molecule has 0 aliphatic carbocycles. The van der Waals surface area contributed by atoms with Gasteiger partial charge in [0.2, 0.25) is 5.91 Å². The molecule has 0 spiro atoms. The number of nitrogens with zero attached hydrogens (tertiary/aromatic N) is 2. The maximum atomic E-state index is 11.3. The van der Waals surface area contributed by atoms with Gasteiger partial charge in [-0.1, -0.05) is 43.7 Å². The number of para-hydroxylation sites is 3. The predicted octanol–water partition coefficient (Wildman–Crippen LogP) is 4.33. The first-order valence-electron chi connectivity index (χ1n) is 10.1. The number of hydrogen-bond donors (Lipinski definition) is 1. The van der Waals surface area contributed by atoms with Gasteiger partial charge in [0.25, 0.3) is 0 Å². The maximum Gasteiger partial charge on any atom is 0.219 e. The zero-order valence-electron chi connectivity index (χ0n) is 16.8. The second-order valence-corrected chi connectivity index (χ2v) is 6.93. The number of benzene rings is 2. The number of ether oxygens (including phenoxy) is 1. The number of aromatic nitrogens is 2. The summed E-state index contributed by atoms with van der Waals surface area (Å²) in [5.74, 6) is 2.13. The second-order valence-electron chi connectivity index (χ2n) is 6.93. The van der Waals surface area contributed by atoms with Gasteiger partial charge in [-0.3, -0.25) is 4.79 Å². The van der Waals surface area contributed by atoms with E-state index in [1.165, 1.54) is 0 Å².